The Morgan fingerprint density at radius 3 is 1.54 bits per heavy atom. The van der Waals surface area contributed by atoms with Gasteiger partial charge in [-0.05, 0) is 181 Å². The molecule has 2 heterocycles. The lowest BCUT2D eigenvalue weighted by Crippen LogP contribution is -2.61. The van der Waals surface area contributed by atoms with E-state index in [4.69, 9.17) is 0 Å². The maximum absolute atomic E-state index is 2.69. The predicted octanol–water partition coefficient (Wildman–Crippen LogP) is 16.4. The number of hydrogen-bond acceptors (Lipinski definition) is 3. The second-order valence-corrected chi connectivity index (χ2v) is 25.0. The summed E-state index contributed by atoms with van der Waals surface area (Å²) in [7, 11) is 0. The van der Waals surface area contributed by atoms with Gasteiger partial charge in [0.05, 0.1) is 5.69 Å². The smallest absolute Gasteiger partial charge is 0.252 e. The average molecular weight is 926 g/mol. The third kappa shape index (κ3) is 7.14. The van der Waals surface area contributed by atoms with Gasteiger partial charge in [-0.25, -0.2) is 0 Å². The van der Waals surface area contributed by atoms with Gasteiger partial charge in [0.1, 0.15) is 0 Å². The molecule has 2 aliphatic heterocycles. The maximum Gasteiger partial charge on any atom is 0.252 e. The fourth-order valence-corrected chi connectivity index (χ4v) is 14.0. The van der Waals surface area contributed by atoms with Crippen LogP contribution in [0.4, 0.5) is 51.2 Å². The van der Waals surface area contributed by atoms with Crippen LogP contribution in [0.3, 0.4) is 0 Å². The van der Waals surface area contributed by atoms with E-state index in [0.29, 0.717) is 0 Å². The number of benzene rings is 8. The highest BCUT2D eigenvalue weighted by atomic mass is 15.2. The SMILES string of the molecule is Cc1cc(-c2ccccc2)ccc1N1c2ccc(C(C)(C)C)cc2B2c3cc4c(cc3N(c3ccc5c(c3)C(C)(C)CC5(C)C)c3cc(N(c5ccccc5)c5ccccc5)cc1c32)C(C)(C)CC4(C)C. The second kappa shape index (κ2) is 15.6. The van der Waals surface area contributed by atoms with Gasteiger partial charge < -0.3 is 14.7 Å². The molecule has 0 radical (unpaired) electrons. The summed E-state index contributed by atoms with van der Waals surface area (Å²) in [5.74, 6) is 0. The minimum atomic E-state index is -0.0512. The first-order valence-corrected chi connectivity index (χ1v) is 26.0. The Bertz CT molecular complexity index is 3390. The monoisotopic (exact) mass is 926 g/mol. The Labute approximate surface area is 424 Å². The molecule has 0 fully saturated rings. The van der Waals surface area contributed by atoms with Crippen molar-refractivity contribution in [2.24, 2.45) is 0 Å². The minimum absolute atomic E-state index is 0.0122. The third-order valence-electron chi connectivity index (χ3n) is 16.8. The third-order valence-corrected chi connectivity index (χ3v) is 16.8. The van der Waals surface area contributed by atoms with Crippen molar-refractivity contribution >= 4 is 74.3 Å². The number of fused-ring (bicyclic) bond motifs is 6. The van der Waals surface area contributed by atoms with Gasteiger partial charge in [-0.3, -0.25) is 0 Å². The van der Waals surface area contributed by atoms with Crippen molar-refractivity contribution in [2.45, 2.75) is 123 Å². The zero-order chi connectivity index (χ0) is 49.6. The van der Waals surface area contributed by atoms with Crippen LogP contribution in [0.25, 0.3) is 11.1 Å². The van der Waals surface area contributed by atoms with Gasteiger partial charge >= 0.3 is 0 Å². The van der Waals surface area contributed by atoms with E-state index in [0.717, 1.165) is 29.9 Å². The second-order valence-electron chi connectivity index (χ2n) is 25.0. The molecule has 4 aliphatic rings. The van der Waals surface area contributed by atoms with E-state index in [1.165, 1.54) is 95.0 Å². The molecule has 0 saturated heterocycles. The number of para-hydroxylation sites is 2. The zero-order valence-corrected chi connectivity index (χ0v) is 44.0. The number of nitrogens with zero attached hydrogens (tertiary/aromatic N) is 3. The van der Waals surface area contributed by atoms with Crippen molar-refractivity contribution in [1.29, 1.82) is 0 Å². The van der Waals surface area contributed by atoms with Crippen molar-refractivity contribution in [1.82, 2.24) is 0 Å². The molecule has 0 atom stereocenters. The highest BCUT2D eigenvalue weighted by Gasteiger charge is 2.49. The largest absolute Gasteiger partial charge is 0.311 e. The summed E-state index contributed by atoms with van der Waals surface area (Å²) >= 11 is 0. The fourth-order valence-electron chi connectivity index (χ4n) is 14.0. The zero-order valence-electron chi connectivity index (χ0n) is 44.0. The Kier molecular flexibility index (Phi) is 9.98. The molecule has 2 aliphatic carbocycles. The molecule has 0 amide bonds. The maximum atomic E-state index is 2.69. The van der Waals surface area contributed by atoms with Crippen LogP contribution < -0.4 is 31.1 Å². The van der Waals surface area contributed by atoms with E-state index < -0.39 is 0 Å². The molecule has 8 aromatic rings. The van der Waals surface area contributed by atoms with E-state index in [9.17, 15) is 0 Å². The highest BCUT2D eigenvalue weighted by molar-refractivity contribution is 7.00. The Morgan fingerprint density at radius 2 is 0.944 bits per heavy atom. The Hall–Kier alpha value is -6.78. The molecule has 0 spiro atoms. The molecule has 71 heavy (non-hydrogen) atoms. The Morgan fingerprint density at radius 1 is 0.423 bits per heavy atom. The number of rotatable bonds is 6. The molecular formula is C67H68BN3. The topological polar surface area (TPSA) is 9.72 Å². The van der Waals surface area contributed by atoms with E-state index in [-0.39, 0.29) is 33.8 Å². The van der Waals surface area contributed by atoms with Gasteiger partial charge in [0.25, 0.3) is 6.71 Å². The summed E-state index contributed by atoms with van der Waals surface area (Å²) in [6.45, 7) is 29.0. The molecule has 3 nitrogen and oxygen atoms in total. The highest BCUT2D eigenvalue weighted by Crippen LogP contribution is 2.56. The number of aryl methyl sites for hydroxylation is 1. The summed E-state index contributed by atoms with van der Waals surface area (Å²) in [5.41, 5.74) is 25.9. The summed E-state index contributed by atoms with van der Waals surface area (Å²) in [5, 5.41) is 0. The van der Waals surface area contributed by atoms with Gasteiger partial charge in [-0.1, -0.05) is 173 Å². The van der Waals surface area contributed by atoms with E-state index in [2.05, 4.69) is 268 Å². The van der Waals surface area contributed by atoms with Crippen LogP contribution in [-0.2, 0) is 27.1 Å². The first-order chi connectivity index (χ1) is 33.7. The molecule has 8 aromatic carbocycles. The summed E-state index contributed by atoms with van der Waals surface area (Å²) in [4.78, 5) is 7.77. The minimum Gasteiger partial charge on any atom is -0.311 e. The molecule has 4 heteroatoms. The van der Waals surface area contributed by atoms with E-state index >= 15 is 0 Å². The van der Waals surface area contributed by atoms with Crippen molar-refractivity contribution in [3.8, 4) is 11.1 Å². The van der Waals surface area contributed by atoms with E-state index in [1.807, 2.05) is 0 Å². The summed E-state index contributed by atoms with van der Waals surface area (Å²) in [6, 6.07) is 65.0. The standard InChI is InChI=1S/C67H68BN3/c1-43-34-45(44-22-16-13-17-23-44)28-32-57(43)71-58-33-29-46(63(2,3)4)35-55(58)68-56-39-53-54(67(11,12)42-66(53,9)10)40-59(56)70(49-30-31-51-52(36-49)65(7,8)41-64(51,5)6)60-37-50(38-61(71)62(60)68)69(47-24-18-14-19-25-47)48-26-20-15-21-27-48/h13-40H,41-42H2,1-12H3. The van der Waals surface area contributed by atoms with Crippen LogP contribution in [0.1, 0.15) is 122 Å². The van der Waals surface area contributed by atoms with Crippen LogP contribution in [0.5, 0.6) is 0 Å². The predicted molar refractivity (Wildman–Crippen MR) is 305 cm³/mol. The van der Waals surface area contributed by atoms with Crippen LogP contribution in [0, 0.1) is 6.92 Å². The van der Waals surface area contributed by atoms with Crippen LogP contribution in [-0.4, -0.2) is 6.71 Å². The molecule has 0 unspecified atom stereocenters. The van der Waals surface area contributed by atoms with Crippen molar-refractivity contribution in [3.05, 3.63) is 203 Å². The number of anilines is 9. The quantitative estimate of drug-likeness (QED) is 0.154. The van der Waals surface area contributed by atoms with E-state index in [1.54, 1.807) is 0 Å². The van der Waals surface area contributed by atoms with Crippen LogP contribution in [0.2, 0.25) is 0 Å². The molecule has 354 valence electrons. The van der Waals surface area contributed by atoms with Gasteiger partial charge in [-0.15, -0.1) is 0 Å². The molecule has 0 aromatic heterocycles. The van der Waals surface area contributed by atoms with Crippen LogP contribution in [0.15, 0.2) is 170 Å². The molecule has 0 saturated carbocycles. The molecule has 0 N–H and O–H groups in total. The van der Waals surface area contributed by atoms with Crippen molar-refractivity contribution < 1.29 is 0 Å². The van der Waals surface area contributed by atoms with Crippen molar-refractivity contribution in [3.63, 3.8) is 0 Å². The molecule has 0 bridgehead atoms. The average Bonchev–Trinajstić information content (AvgIpc) is 3.64. The lowest BCUT2D eigenvalue weighted by molar-refractivity contribution is 0.403. The summed E-state index contributed by atoms with van der Waals surface area (Å²) < 4.78 is 0. The normalized spacial score (nSPS) is 17.3. The lowest BCUT2D eigenvalue weighted by atomic mass is 9.33. The van der Waals surface area contributed by atoms with Gasteiger partial charge in [0.15, 0.2) is 0 Å². The van der Waals surface area contributed by atoms with Crippen LogP contribution >= 0.6 is 0 Å². The number of hydrogen-bond donors (Lipinski definition) is 0. The molecular weight excluding hydrogens is 858 g/mol. The lowest BCUT2D eigenvalue weighted by Gasteiger charge is -2.46. The first kappa shape index (κ1) is 45.4. The van der Waals surface area contributed by atoms with Gasteiger partial charge in [0.2, 0.25) is 0 Å². The molecule has 12 rings (SSSR count). The van der Waals surface area contributed by atoms with Gasteiger partial charge in [0, 0.05) is 45.5 Å². The Balaban J connectivity index is 1.23. The fraction of sp³-hybridized carbons (Fsp3) is 0.284. The first-order valence-electron chi connectivity index (χ1n) is 26.0. The van der Waals surface area contributed by atoms with Crippen molar-refractivity contribution in [2.75, 3.05) is 14.7 Å². The van der Waals surface area contributed by atoms with Gasteiger partial charge in [-0.2, -0.15) is 0 Å². The summed E-state index contributed by atoms with van der Waals surface area (Å²) in [6.07, 6.45) is 2.22.